The minimum absolute atomic E-state index is 0.00481. The molecule has 1 aliphatic carbocycles. The summed E-state index contributed by atoms with van der Waals surface area (Å²) in [5.41, 5.74) is 0. The maximum Gasteiger partial charge on any atom is 0.313 e. The summed E-state index contributed by atoms with van der Waals surface area (Å²) >= 11 is 1.57. The Morgan fingerprint density at radius 1 is 1.28 bits per heavy atom. The molecule has 0 heterocycles. The SMILES string of the molecule is CCOC(=O)CC(=O)C1(Sc2ccccc2)CC1. The molecule has 0 bridgehead atoms. The summed E-state index contributed by atoms with van der Waals surface area (Å²) in [4.78, 5) is 24.5. The van der Waals surface area contributed by atoms with Crippen molar-refractivity contribution in [3.05, 3.63) is 30.3 Å². The van der Waals surface area contributed by atoms with Crippen LogP contribution in [0.15, 0.2) is 35.2 Å². The molecule has 96 valence electrons. The Morgan fingerprint density at radius 2 is 1.94 bits per heavy atom. The molecule has 4 heteroatoms. The van der Waals surface area contributed by atoms with Crippen LogP contribution in [0.25, 0.3) is 0 Å². The lowest BCUT2D eigenvalue weighted by atomic mass is 10.2. The summed E-state index contributed by atoms with van der Waals surface area (Å²) in [6, 6.07) is 9.83. The molecule has 2 rings (SSSR count). The summed E-state index contributed by atoms with van der Waals surface area (Å²) in [6.45, 7) is 2.07. The molecule has 1 aromatic rings. The zero-order chi connectivity index (χ0) is 13.0. The highest BCUT2D eigenvalue weighted by Gasteiger charge is 2.50. The first-order chi connectivity index (χ1) is 8.66. The summed E-state index contributed by atoms with van der Waals surface area (Å²) in [7, 11) is 0. The van der Waals surface area contributed by atoms with Gasteiger partial charge in [0.15, 0.2) is 5.78 Å². The van der Waals surface area contributed by atoms with Crippen LogP contribution in [0.4, 0.5) is 0 Å². The van der Waals surface area contributed by atoms with Crippen molar-refractivity contribution in [2.45, 2.75) is 35.8 Å². The normalized spacial score (nSPS) is 16.1. The van der Waals surface area contributed by atoms with Crippen LogP contribution in [-0.2, 0) is 14.3 Å². The van der Waals surface area contributed by atoms with Crippen molar-refractivity contribution in [3.8, 4) is 0 Å². The maximum atomic E-state index is 12.1. The van der Waals surface area contributed by atoms with Crippen molar-refractivity contribution in [3.63, 3.8) is 0 Å². The van der Waals surface area contributed by atoms with Gasteiger partial charge in [0, 0.05) is 4.90 Å². The molecule has 3 nitrogen and oxygen atoms in total. The van der Waals surface area contributed by atoms with Gasteiger partial charge < -0.3 is 4.74 Å². The Morgan fingerprint density at radius 3 is 2.50 bits per heavy atom. The van der Waals surface area contributed by atoms with Gasteiger partial charge in [-0.3, -0.25) is 9.59 Å². The number of benzene rings is 1. The Hall–Kier alpha value is -1.29. The average Bonchev–Trinajstić information content (AvgIpc) is 3.11. The molecule has 18 heavy (non-hydrogen) atoms. The number of hydrogen-bond acceptors (Lipinski definition) is 4. The van der Waals surface area contributed by atoms with E-state index in [4.69, 9.17) is 4.74 Å². The van der Waals surface area contributed by atoms with E-state index in [1.165, 1.54) is 0 Å². The lowest BCUT2D eigenvalue weighted by Crippen LogP contribution is -2.23. The van der Waals surface area contributed by atoms with Crippen LogP contribution in [0.1, 0.15) is 26.2 Å². The molecule has 1 fully saturated rings. The van der Waals surface area contributed by atoms with Gasteiger partial charge in [-0.05, 0) is 31.9 Å². The Kier molecular flexibility index (Phi) is 4.07. The number of ether oxygens (including phenoxy) is 1. The van der Waals surface area contributed by atoms with Crippen LogP contribution >= 0.6 is 11.8 Å². The quantitative estimate of drug-likeness (QED) is 0.585. The van der Waals surface area contributed by atoms with Gasteiger partial charge in [0.25, 0.3) is 0 Å². The van der Waals surface area contributed by atoms with Crippen molar-refractivity contribution in [1.82, 2.24) is 0 Å². The number of hydrogen-bond donors (Lipinski definition) is 0. The van der Waals surface area contributed by atoms with E-state index in [0.717, 1.165) is 17.7 Å². The molecule has 0 aromatic heterocycles. The second kappa shape index (κ2) is 5.57. The molecule has 0 N–H and O–H groups in total. The van der Waals surface area contributed by atoms with Crippen molar-refractivity contribution >= 4 is 23.5 Å². The third-order valence-corrected chi connectivity index (χ3v) is 4.41. The molecule has 1 aromatic carbocycles. The van der Waals surface area contributed by atoms with Crippen molar-refractivity contribution in [1.29, 1.82) is 0 Å². The van der Waals surface area contributed by atoms with E-state index in [9.17, 15) is 9.59 Å². The van der Waals surface area contributed by atoms with Gasteiger partial charge in [-0.2, -0.15) is 0 Å². The van der Waals surface area contributed by atoms with E-state index in [0.29, 0.717) is 6.61 Å². The Labute approximate surface area is 111 Å². The molecule has 1 aliphatic rings. The van der Waals surface area contributed by atoms with Gasteiger partial charge in [-0.1, -0.05) is 18.2 Å². The predicted molar refractivity (Wildman–Crippen MR) is 70.5 cm³/mol. The lowest BCUT2D eigenvalue weighted by molar-refractivity contribution is -0.145. The second-order valence-electron chi connectivity index (χ2n) is 4.31. The zero-order valence-electron chi connectivity index (χ0n) is 10.3. The first-order valence-electron chi connectivity index (χ1n) is 6.09. The summed E-state index contributed by atoms with van der Waals surface area (Å²) in [5.74, 6) is -0.419. The highest BCUT2D eigenvalue weighted by atomic mass is 32.2. The molecule has 0 saturated heterocycles. The van der Waals surface area contributed by atoms with Crippen LogP contribution in [0, 0.1) is 0 Å². The number of esters is 1. The fraction of sp³-hybridized carbons (Fsp3) is 0.429. The van der Waals surface area contributed by atoms with Crippen LogP contribution in [0.2, 0.25) is 0 Å². The molecule has 0 atom stereocenters. The minimum Gasteiger partial charge on any atom is -0.466 e. The van der Waals surface area contributed by atoms with E-state index in [1.54, 1.807) is 18.7 Å². The van der Waals surface area contributed by atoms with Gasteiger partial charge >= 0.3 is 5.97 Å². The Balaban J connectivity index is 1.95. The van der Waals surface area contributed by atoms with Gasteiger partial charge in [0.1, 0.15) is 6.42 Å². The highest BCUT2D eigenvalue weighted by molar-refractivity contribution is 8.01. The third-order valence-electron chi connectivity index (χ3n) is 2.88. The van der Waals surface area contributed by atoms with Gasteiger partial charge in [0.05, 0.1) is 11.4 Å². The predicted octanol–water partition coefficient (Wildman–Crippen LogP) is 2.83. The topological polar surface area (TPSA) is 43.4 Å². The number of rotatable bonds is 6. The number of Topliss-reactive ketones (excluding diaryl/α,β-unsaturated/α-hetero) is 1. The summed E-state index contributed by atoms with van der Waals surface area (Å²) in [6.07, 6.45) is 1.60. The maximum absolute atomic E-state index is 12.1. The first kappa shape index (κ1) is 13.1. The second-order valence-corrected chi connectivity index (χ2v) is 5.77. The van der Waals surface area contributed by atoms with Crippen LogP contribution in [-0.4, -0.2) is 23.1 Å². The molecule has 0 spiro atoms. The van der Waals surface area contributed by atoms with Gasteiger partial charge in [0.2, 0.25) is 0 Å². The smallest absolute Gasteiger partial charge is 0.313 e. The van der Waals surface area contributed by atoms with Crippen LogP contribution in [0.3, 0.4) is 0 Å². The molecule has 0 aliphatic heterocycles. The fourth-order valence-electron chi connectivity index (χ4n) is 1.77. The Bertz CT molecular complexity index is 438. The molecule has 0 amide bonds. The van der Waals surface area contributed by atoms with Crippen molar-refractivity contribution < 1.29 is 14.3 Å². The third kappa shape index (κ3) is 3.13. The zero-order valence-corrected chi connectivity index (χ0v) is 11.2. The van der Waals surface area contributed by atoms with E-state index in [1.807, 2.05) is 30.3 Å². The highest BCUT2D eigenvalue weighted by Crippen LogP contribution is 2.52. The molecular weight excluding hydrogens is 248 g/mol. The number of carbonyl (C=O) groups is 2. The first-order valence-corrected chi connectivity index (χ1v) is 6.91. The molecule has 0 radical (unpaired) electrons. The van der Waals surface area contributed by atoms with Crippen molar-refractivity contribution in [2.24, 2.45) is 0 Å². The molecule has 0 unspecified atom stereocenters. The van der Waals surface area contributed by atoms with E-state index >= 15 is 0 Å². The van der Waals surface area contributed by atoms with E-state index in [2.05, 4.69) is 0 Å². The molecular formula is C14H16O3S. The fourth-order valence-corrected chi connectivity index (χ4v) is 3.01. The summed E-state index contributed by atoms with van der Waals surface area (Å²) < 4.78 is 4.44. The standard InChI is InChI=1S/C14H16O3S/c1-2-17-13(16)10-12(15)14(8-9-14)18-11-6-4-3-5-7-11/h3-7H,2,8-10H2,1H3. The van der Waals surface area contributed by atoms with E-state index in [-0.39, 0.29) is 17.0 Å². The van der Waals surface area contributed by atoms with Crippen LogP contribution < -0.4 is 0 Å². The lowest BCUT2D eigenvalue weighted by Gasteiger charge is -2.13. The van der Waals surface area contributed by atoms with Crippen LogP contribution in [0.5, 0.6) is 0 Å². The minimum atomic E-state index is -0.414. The summed E-state index contributed by atoms with van der Waals surface area (Å²) in [5, 5.41) is 0. The largest absolute Gasteiger partial charge is 0.466 e. The molecule has 1 saturated carbocycles. The monoisotopic (exact) mass is 264 g/mol. The number of thioether (sulfide) groups is 1. The van der Waals surface area contributed by atoms with Gasteiger partial charge in [-0.15, -0.1) is 11.8 Å². The average molecular weight is 264 g/mol. The van der Waals surface area contributed by atoms with Crippen molar-refractivity contribution in [2.75, 3.05) is 6.61 Å². The number of carbonyl (C=O) groups excluding carboxylic acids is 2. The van der Waals surface area contributed by atoms with E-state index < -0.39 is 5.97 Å². The number of ketones is 1. The van der Waals surface area contributed by atoms with Gasteiger partial charge in [-0.25, -0.2) is 0 Å².